The van der Waals surface area contributed by atoms with E-state index in [1.807, 2.05) is 0 Å². The molecule has 0 aliphatic carbocycles. The first kappa shape index (κ1) is 12.7. The van der Waals surface area contributed by atoms with Gasteiger partial charge in [0.15, 0.2) is 0 Å². The fourth-order valence-corrected chi connectivity index (χ4v) is 1.81. The quantitative estimate of drug-likeness (QED) is 0.545. The zero-order chi connectivity index (χ0) is 10.5. The Labute approximate surface area is 82.5 Å². The molecule has 0 aromatic rings. The third-order valence-corrected chi connectivity index (χ3v) is 2.56. The predicted octanol–water partition coefficient (Wildman–Crippen LogP) is 0.292. The zero-order valence-corrected chi connectivity index (χ0v) is 8.80. The maximum absolute atomic E-state index is 10.3. The molecule has 0 spiro atoms. The van der Waals surface area contributed by atoms with Gasteiger partial charge in [-0.2, -0.15) is 11.8 Å². The molecule has 1 atom stereocenters. The Morgan fingerprint density at radius 2 is 2.15 bits per heavy atom. The number of aliphatic carboxylic acids is 1. The van der Waals surface area contributed by atoms with Crippen LogP contribution >= 0.6 is 11.8 Å². The van der Waals surface area contributed by atoms with Crippen molar-refractivity contribution in [2.75, 3.05) is 11.5 Å². The van der Waals surface area contributed by atoms with Gasteiger partial charge in [0.05, 0.1) is 5.60 Å². The van der Waals surface area contributed by atoms with Crippen molar-refractivity contribution in [2.45, 2.75) is 31.9 Å². The van der Waals surface area contributed by atoms with Gasteiger partial charge >= 0.3 is 5.97 Å². The molecule has 4 nitrogen and oxygen atoms in total. The van der Waals surface area contributed by atoms with Crippen LogP contribution in [0.2, 0.25) is 0 Å². The van der Waals surface area contributed by atoms with Crippen LogP contribution in [0.3, 0.4) is 0 Å². The standard InChI is InChI=1S/C8H17NO3S/c1-8(2,12)3-4-13-5-6(9)7(10)11/h6,12H,3-5,9H2,1-2H3,(H,10,11). The topological polar surface area (TPSA) is 83.5 Å². The lowest BCUT2D eigenvalue weighted by Gasteiger charge is -2.16. The van der Waals surface area contributed by atoms with Gasteiger partial charge in [-0.3, -0.25) is 4.79 Å². The average molecular weight is 207 g/mol. The lowest BCUT2D eigenvalue weighted by atomic mass is 10.1. The van der Waals surface area contributed by atoms with E-state index < -0.39 is 17.6 Å². The van der Waals surface area contributed by atoms with Crippen LogP contribution in [0.5, 0.6) is 0 Å². The summed E-state index contributed by atoms with van der Waals surface area (Å²) in [6, 6.07) is -0.799. The normalized spacial score (nSPS) is 14.2. The van der Waals surface area contributed by atoms with E-state index in [4.69, 9.17) is 10.8 Å². The molecular formula is C8H17NO3S. The monoisotopic (exact) mass is 207 g/mol. The lowest BCUT2D eigenvalue weighted by Crippen LogP contribution is -2.32. The molecule has 0 radical (unpaired) electrons. The SMILES string of the molecule is CC(C)(O)CCSCC(N)C(=O)O. The molecule has 0 aromatic carbocycles. The summed E-state index contributed by atoms with van der Waals surface area (Å²) in [6.07, 6.45) is 0.643. The summed E-state index contributed by atoms with van der Waals surface area (Å²) in [7, 11) is 0. The van der Waals surface area contributed by atoms with Crippen LogP contribution in [0.25, 0.3) is 0 Å². The number of hydrogen-bond acceptors (Lipinski definition) is 4. The van der Waals surface area contributed by atoms with Gasteiger partial charge in [-0.1, -0.05) is 0 Å². The first-order valence-corrected chi connectivity index (χ1v) is 5.27. The highest BCUT2D eigenvalue weighted by atomic mass is 32.2. The molecule has 1 unspecified atom stereocenters. The van der Waals surface area contributed by atoms with Gasteiger partial charge in [0.1, 0.15) is 6.04 Å². The molecule has 0 heterocycles. The smallest absolute Gasteiger partial charge is 0.321 e. The van der Waals surface area contributed by atoms with E-state index in [0.29, 0.717) is 12.2 Å². The van der Waals surface area contributed by atoms with Gasteiger partial charge < -0.3 is 15.9 Å². The van der Waals surface area contributed by atoms with E-state index in [9.17, 15) is 9.90 Å². The third kappa shape index (κ3) is 8.08. The van der Waals surface area contributed by atoms with Crippen molar-refractivity contribution < 1.29 is 15.0 Å². The number of rotatable bonds is 6. The molecule has 13 heavy (non-hydrogen) atoms. The number of carboxylic acid groups (broad SMARTS) is 1. The van der Waals surface area contributed by atoms with E-state index in [-0.39, 0.29) is 0 Å². The third-order valence-electron chi connectivity index (χ3n) is 1.47. The first-order chi connectivity index (χ1) is 5.83. The lowest BCUT2D eigenvalue weighted by molar-refractivity contribution is -0.137. The van der Waals surface area contributed by atoms with E-state index in [1.165, 1.54) is 11.8 Å². The van der Waals surface area contributed by atoms with Crippen molar-refractivity contribution in [1.82, 2.24) is 0 Å². The second-order valence-corrected chi connectivity index (χ2v) is 4.73. The Bertz CT molecular complexity index is 167. The zero-order valence-electron chi connectivity index (χ0n) is 7.99. The summed E-state index contributed by atoms with van der Waals surface area (Å²) in [6.45, 7) is 3.45. The number of aliphatic hydroxyl groups is 1. The molecule has 5 heteroatoms. The molecule has 78 valence electrons. The average Bonchev–Trinajstić information content (AvgIpc) is 1.95. The van der Waals surface area contributed by atoms with E-state index in [0.717, 1.165) is 5.75 Å². The fourth-order valence-electron chi connectivity index (χ4n) is 0.604. The number of carbonyl (C=O) groups is 1. The van der Waals surface area contributed by atoms with Crippen molar-refractivity contribution >= 4 is 17.7 Å². The van der Waals surface area contributed by atoms with Crippen molar-refractivity contribution in [3.05, 3.63) is 0 Å². The number of carboxylic acids is 1. The molecule has 0 amide bonds. The number of thioether (sulfide) groups is 1. The van der Waals surface area contributed by atoms with Crippen LogP contribution in [0, 0.1) is 0 Å². The van der Waals surface area contributed by atoms with Crippen LogP contribution in [-0.2, 0) is 4.79 Å². The highest BCUT2D eigenvalue weighted by Gasteiger charge is 2.14. The fraction of sp³-hybridized carbons (Fsp3) is 0.875. The van der Waals surface area contributed by atoms with E-state index in [1.54, 1.807) is 13.8 Å². The molecule has 0 aliphatic heterocycles. The van der Waals surface area contributed by atoms with Crippen LogP contribution < -0.4 is 5.73 Å². The van der Waals surface area contributed by atoms with Crippen LogP contribution in [0.15, 0.2) is 0 Å². The Kier molecular flexibility index (Phi) is 5.36. The summed E-state index contributed by atoms with van der Waals surface area (Å²) in [5, 5.41) is 17.8. The highest BCUT2D eigenvalue weighted by molar-refractivity contribution is 7.99. The van der Waals surface area contributed by atoms with Gasteiger partial charge in [-0.25, -0.2) is 0 Å². The molecule has 0 fully saturated rings. The van der Waals surface area contributed by atoms with Crippen molar-refractivity contribution in [3.63, 3.8) is 0 Å². The second-order valence-electron chi connectivity index (χ2n) is 3.58. The summed E-state index contributed by atoms with van der Waals surface area (Å²) in [5.41, 5.74) is 4.60. The highest BCUT2D eigenvalue weighted by Crippen LogP contribution is 2.13. The summed E-state index contributed by atoms with van der Waals surface area (Å²) in [4.78, 5) is 10.3. The summed E-state index contributed by atoms with van der Waals surface area (Å²) < 4.78 is 0. The Hall–Kier alpha value is -0.260. The van der Waals surface area contributed by atoms with Crippen LogP contribution in [0.1, 0.15) is 20.3 Å². The van der Waals surface area contributed by atoms with E-state index in [2.05, 4.69) is 0 Å². The van der Waals surface area contributed by atoms with E-state index >= 15 is 0 Å². The van der Waals surface area contributed by atoms with Gasteiger partial charge in [-0.05, 0) is 26.0 Å². The first-order valence-electron chi connectivity index (χ1n) is 4.11. The van der Waals surface area contributed by atoms with Gasteiger partial charge in [-0.15, -0.1) is 0 Å². The molecular weight excluding hydrogens is 190 g/mol. The molecule has 0 aliphatic rings. The minimum atomic E-state index is -0.976. The molecule has 0 aromatic heterocycles. The molecule has 4 N–H and O–H groups in total. The van der Waals surface area contributed by atoms with Crippen molar-refractivity contribution in [1.29, 1.82) is 0 Å². The maximum Gasteiger partial charge on any atom is 0.321 e. The molecule has 0 saturated carbocycles. The summed E-state index contributed by atoms with van der Waals surface area (Å²) in [5.74, 6) is 0.145. The second kappa shape index (κ2) is 5.47. The predicted molar refractivity (Wildman–Crippen MR) is 53.9 cm³/mol. The Morgan fingerprint density at radius 1 is 1.62 bits per heavy atom. The minimum absolute atomic E-state index is 0.394. The number of hydrogen-bond donors (Lipinski definition) is 3. The molecule has 0 saturated heterocycles. The largest absolute Gasteiger partial charge is 0.480 e. The Balaban J connectivity index is 3.41. The summed E-state index contributed by atoms with van der Waals surface area (Å²) >= 11 is 1.45. The van der Waals surface area contributed by atoms with Crippen LogP contribution in [0.4, 0.5) is 0 Å². The molecule has 0 rings (SSSR count). The van der Waals surface area contributed by atoms with Gasteiger partial charge in [0.25, 0.3) is 0 Å². The minimum Gasteiger partial charge on any atom is -0.480 e. The number of nitrogens with two attached hydrogens (primary N) is 1. The van der Waals surface area contributed by atoms with Gasteiger partial charge in [0.2, 0.25) is 0 Å². The maximum atomic E-state index is 10.3. The Morgan fingerprint density at radius 3 is 2.54 bits per heavy atom. The van der Waals surface area contributed by atoms with Crippen molar-refractivity contribution in [3.8, 4) is 0 Å². The molecule has 0 bridgehead atoms. The van der Waals surface area contributed by atoms with Crippen LogP contribution in [-0.4, -0.2) is 39.3 Å². The van der Waals surface area contributed by atoms with Gasteiger partial charge in [0, 0.05) is 5.75 Å². The van der Waals surface area contributed by atoms with Crippen molar-refractivity contribution in [2.24, 2.45) is 5.73 Å².